The number of carbonyl (C=O) groups is 1. The monoisotopic (exact) mass is 491 g/mol. The number of nitriles is 1. The van der Waals surface area contributed by atoms with Gasteiger partial charge in [0, 0.05) is 50.5 Å². The molecule has 0 saturated carbocycles. The van der Waals surface area contributed by atoms with Gasteiger partial charge in [0.2, 0.25) is 0 Å². The van der Waals surface area contributed by atoms with E-state index in [1.54, 1.807) is 0 Å². The van der Waals surface area contributed by atoms with Crippen LogP contribution in [0, 0.1) is 17.2 Å². The number of rotatable bonds is 7. The first-order chi connectivity index (χ1) is 18.0. The second-order valence-corrected chi connectivity index (χ2v) is 10.4. The third-order valence-electron chi connectivity index (χ3n) is 7.25. The topological polar surface area (TPSA) is 65.2 Å². The summed E-state index contributed by atoms with van der Waals surface area (Å²) in [5.41, 5.74) is 3.76. The summed E-state index contributed by atoms with van der Waals surface area (Å²) in [6.07, 6.45) is 4.86. The molecule has 1 saturated heterocycles. The normalized spacial score (nSPS) is 16.3. The van der Waals surface area contributed by atoms with E-state index in [4.69, 9.17) is 5.26 Å². The largest absolute Gasteiger partial charge is 0.336 e. The van der Waals surface area contributed by atoms with Crippen molar-refractivity contribution in [2.24, 2.45) is 5.92 Å². The fourth-order valence-electron chi connectivity index (χ4n) is 5.35. The standard InChI is InChI=1S/C31H33N5O/c1-23(2)16-27-20-35(31(37)30-9-5-7-26-6-3-4-8-29(26)30)15-14-34(27)21-28-18-33-22-36(28)19-25-12-10-24(17-32)11-13-25/h3-13,18,22-23,27H,14-16,19-21H2,1-2H3. The van der Waals surface area contributed by atoms with E-state index < -0.39 is 0 Å². The van der Waals surface area contributed by atoms with E-state index in [-0.39, 0.29) is 11.9 Å². The van der Waals surface area contributed by atoms with Crippen LogP contribution in [0.15, 0.2) is 79.3 Å². The van der Waals surface area contributed by atoms with Crippen LogP contribution in [0.1, 0.15) is 47.4 Å². The van der Waals surface area contributed by atoms with Crippen molar-refractivity contribution in [2.45, 2.75) is 39.4 Å². The van der Waals surface area contributed by atoms with Crippen LogP contribution in [0.2, 0.25) is 0 Å². The highest BCUT2D eigenvalue weighted by molar-refractivity contribution is 6.07. The van der Waals surface area contributed by atoms with Crippen LogP contribution in [-0.4, -0.2) is 50.9 Å². The summed E-state index contributed by atoms with van der Waals surface area (Å²) in [5, 5.41) is 11.2. The second-order valence-electron chi connectivity index (χ2n) is 10.4. The van der Waals surface area contributed by atoms with E-state index >= 15 is 0 Å². The zero-order valence-corrected chi connectivity index (χ0v) is 21.5. The smallest absolute Gasteiger partial charge is 0.254 e. The lowest BCUT2D eigenvalue weighted by Gasteiger charge is -2.42. The fraction of sp³-hybridized carbons (Fsp3) is 0.323. The number of benzene rings is 3. The predicted octanol–water partition coefficient (Wildman–Crippen LogP) is 5.33. The SMILES string of the molecule is CC(C)CC1CN(C(=O)c2cccc3ccccc23)CCN1Cc1cncn1Cc1ccc(C#N)cc1. The van der Waals surface area contributed by atoms with Crippen LogP contribution in [0.4, 0.5) is 0 Å². The first kappa shape index (κ1) is 24.7. The third-order valence-corrected chi connectivity index (χ3v) is 7.25. The number of hydrogen-bond acceptors (Lipinski definition) is 4. The average Bonchev–Trinajstić information content (AvgIpc) is 3.35. The van der Waals surface area contributed by atoms with Gasteiger partial charge in [-0.25, -0.2) is 4.98 Å². The van der Waals surface area contributed by atoms with Gasteiger partial charge in [0.1, 0.15) is 0 Å². The molecule has 6 nitrogen and oxygen atoms in total. The number of fused-ring (bicyclic) bond motifs is 1. The van der Waals surface area contributed by atoms with Gasteiger partial charge in [-0.15, -0.1) is 0 Å². The van der Waals surface area contributed by atoms with Crippen molar-refractivity contribution in [3.05, 3.63) is 102 Å². The molecule has 1 atom stereocenters. The van der Waals surface area contributed by atoms with Crippen molar-refractivity contribution in [3.8, 4) is 6.07 Å². The van der Waals surface area contributed by atoms with E-state index in [0.717, 1.165) is 60.2 Å². The molecule has 2 heterocycles. The molecule has 3 aromatic carbocycles. The Labute approximate surface area is 218 Å². The van der Waals surface area contributed by atoms with Gasteiger partial charge in [0.15, 0.2) is 0 Å². The highest BCUT2D eigenvalue weighted by Gasteiger charge is 2.31. The summed E-state index contributed by atoms with van der Waals surface area (Å²) < 4.78 is 2.18. The molecule has 1 unspecified atom stereocenters. The predicted molar refractivity (Wildman–Crippen MR) is 146 cm³/mol. The average molecular weight is 492 g/mol. The Morgan fingerprint density at radius 3 is 2.59 bits per heavy atom. The van der Waals surface area contributed by atoms with E-state index in [9.17, 15) is 4.79 Å². The van der Waals surface area contributed by atoms with Gasteiger partial charge in [0.05, 0.1) is 23.7 Å². The molecule has 188 valence electrons. The summed E-state index contributed by atoms with van der Waals surface area (Å²) >= 11 is 0. The van der Waals surface area contributed by atoms with Gasteiger partial charge in [-0.3, -0.25) is 9.69 Å². The highest BCUT2D eigenvalue weighted by Crippen LogP contribution is 2.24. The van der Waals surface area contributed by atoms with Gasteiger partial charge in [-0.1, -0.05) is 62.4 Å². The van der Waals surface area contributed by atoms with E-state index in [1.807, 2.05) is 72.0 Å². The minimum absolute atomic E-state index is 0.121. The van der Waals surface area contributed by atoms with Crippen molar-refractivity contribution in [1.82, 2.24) is 19.4 Å². The molecular weight excluding hydrogens is 458 g/mol. The molecule has 4 aromatic rings. The van der Waals surface area contributed by atoms with Crippen molar-refractivity contribution in [3.63, 3.8) is 0 Å². The molecule has 0 N–H and O–H groups in total. The van der Waals surface area contributed by atoms with Crippen LogP contribution in [0.25, 0.3) is 10.8 Å². The number of imidazole rings is 1. The summed E-state index contributed by atoms with van der Waals surface area (Å²) in [7, 11) is 0. The lowest BCUT2D eigenvalue weighted by Crippen LogP contribution is -2.54. The molecular formula is C31H33N5O. The van der Waals surface area contributed by atoms with Crippen LogP contribution in [-0.2, 0) is 13.1 Å². The molecule has 1 amide bonds. The molecule has 0 aliphatic carbocycles. The van der Waals surface area contributed by atoms with Crippen LogP contribution >= 0.6 is 0 Å². The summed E-state index contributed by atoms with van der Waals surface area (Å²) in [4.78, 5) is 22.6. The Bertz CT molecular complexity index is 1410. The molecule has 0 radical (unpaired) electrons. The van der Waals surface area contributed by atoms with E-state index in [0.29, 0.717) is 18.0 Å². The number of carbonyl (C=O) groups excluding carboxylic acids is 1. The lowest BCUT2D eigenvalue weighted by molar-refractivity contribution is 0.0404. The van der Waals surface area contributed by atoms with E-state index in [2.05, 4.69) is 46.5 Å². The molecule has 5 rings (SSSR count). The highest BCUT2D eigenvalue weighted by atomic mass is 16.2. The number of piperazine rings is 1. The minimum Gasteiger partial charge on any atom is -0.336 e. The number of amides is 1. The van der Waals surface area contributed by atoms with Crippen LogP contribution in [0.5, 0.6) is 0 Å². The molecule has 1 aromatic heterocycles. The number of aromatic nitrogens is 2. The molecule has 1 aliphatic rings. The Morgan fingerprint density at radius 2 is 1.81 bits per heavy atom. The molecule has 1 aliphatic heterocycles. The van der Waals surface area contributed by atoms with Gasteiger partial charge >= 0.3 is 0 Å². The van der Waals surface area contributed by atoms with Crippen molar-refractivity contribution in [1.29, 1.82) is 5.26 Å². The Kier molecular flexibility index (Phi) is 7.34. The van der Waals surface area contributed by atoms with Gasteiger partial charge in [-0.05, 0) is 46.9 Å². The fourth-order valence-corrected chi connectivity index (χ4v) is 5.35. The van der Waals surface area contributed by atoms with Crippen LogP contribution < -0.4 is 0 Å². The summed E-state index contributed by atoms with van der Waals surface area (Å²) in [6, 6.07) is 24.3. The second kappa shape index (κ2) is 11.0. The maximum absolute atomic E-state index is 13.6. The molecule has 0 bridgehead atoms. The van der Waals surface area contributed by atoms with Gasteiger partial charge < -0.3 is 9.47 Å². The number of hydrogen-bond donors (Lipinski definition) is 0. The molecule has 0 spiro atoms. The quantitative estimate of drug-likeness (QED) is 0.351. The van der Waals surface area contributed by atoms with Gasteiger partial charge in [-0.2, -0.15) is 5.26 Å². The van der Waals surface area contributed by atoms with Crippen LogP contribution in [0.3, 0.4) is 0 Å². The molecule has 1 fully saturated rings. The third kappa shape index (κ3) is 5.58. The molecule has 37 heavy (non-hydrogen) atoms. The van der Waals surface area contributed by atoms with Gasteiger partial charge in [0.25, 0.3) is 5.91 Å². The van der Waals surface area contributed by atoms with Crippen molar-refractivity contribution in [2.75, 3.05) is 19.6 Å². The maximum atomic E-state index is 13.6. The first-order valence-corrected chi connectivity index (χ1v) is 13.0. The molecule has 6 heteroatoms. The number of nitrogens with zero attached hydrogens (tertiary/aromatic N) is 5. The van der Waals surface area contributed by atoms with Crippen molar-refractivity contribution >= 4 is 16.7 Å². The zero-order valence-electron chi connectivity index (χ0n) is 21.5. The summed E-state index contributed by atoms with van der Waals surface area (Å²) in [6.45, 7) is 8.28. The zero-order chi connectivity index (χ0) is 25.8. The minimum atomic E-state index is 0.121. The Morgan fingerprint density at radius 1 is 1.03 bits per heavy atom. The first-order valence-electron chi connectivity index (χ1n) is 13.0. The Hall–Kier alpha value is -3.95. The van der Waals surface area contributed by atoms with Crippen molar-refractivity contribution < 1.29 is 4.79 Å². The maximum Gasteiger partial charge on any atom is 0.254 e. The lowest BCUT2D eigenvalue weighted by atomic mass is 9.98. The van der Waals surface area contributed by atoms with E-state index in [1.165, 1.54) is 0 Å². The Balaban J connectivity index is 1.31. The summed E-state index contributed by atoms with van der Waals surface area (Å²) in [5.74, 6) is 0.653.